The van der Waals surface area contributed by atoms with E-state index in [1.807, 2.05) is 0 Å². The zero-order chi connectivity index (χ0) is 14.9. The minimum Gasteiger partial charge on any atom is -0.506 e. The molecule has 0 heterocycles. The van der Waals surface area contributed by atoms with Gasteiger partial charge in [0.15, 0.2) is 0 Å². The molecule has 2 atom stereocenters. The molecule has 0 amide bonds. The Hall–Kier alpha value is -1.18. The Balaban J connectivity index is 2.32. The molecule has 0 radical (unpaired) electrons. The zero-order valence-electron chi connectivity index (χ0n) is 10.8. The van der Waals surface area contributed by atoms with Crippen molar-refractivity contribution in [2.45, 2.75) is 37.8 Å². The maximum atomic E-state index is 10.9. The van der Waals surface area contributed by atoms with E-state index in [9.17, 15) is 20.3 Å². The Morgan fingerprint density at radius 3 is 2.55 bits per heavy atom. The largest absolute Gasteiger partial charge is 0.506 e. The van der Waals surface area contributed by atoms with Crippen molar-refractivity contribution >= 4 is 21.6 Å². The number of nitrogens with two attached hydrogens (primary N) is 1. The number of hydrogen-bond acceptors (Lipinski definition) is 5. The van der Waals surface area contributed by atoms with Crippen molar-refractivity contribution in [2.75, 3.05) is 0 Å². The number of aliphatic hydroxyl groups excluding tert-OH is 1. The number of rotatable bonds is 4. The molecule has 0 saturated heterocycles. The quantitative estimate of drug-likeness (QED) is 0.574. The van der Waals surface area contributed by atoms with Crippen molar-refractivity contribution in [1.29, 1.82) is 0 Å². The van der Waals surface area contributed by atoms with Crippen LogP contribution in [0.1, 0.15) is 37.3 Å². The summed E-state index contributed by atoms with van der Waals surface area (Å²) < 4.78 is 0.204. The van der Waals surface area contributed by atoms with E-state index in [1.165, 1.54) is 12.1 Å². The fraction of sp³-hybridized carbons (Fsp3) is 0.538. The Bertz CT molecular complexity index is 517. The third-order valence-corrected chi connectivity index (χ3v) is 4.50. The van der Waals surface area contributed by atoms with Gasteiger partial charge in [0.1, 0.15) is 5.75 Å². The molecule has 7 heteroatoms. The standard InChI is InChI=1S/C13H17BrN2O4/c14-10-6-8(16(19)20)5-9(13(10)18)11(15)12(17)7-3-1-2-4-7/h5-7,11-12,17-18H,1-4,15H2/t11-,12+/m1/s1. The SMILES string of the molecule is N[C@H](c1cc([N+](=O)[O-])cc(Br)c1O)[C@@H](O)C1CCCC1. The summed E-state index contributed by atoms with van der Waals surface area (Å²) in [6, 6.07) is 1.60. The van der Waals surface area contributed by atoms with Crippen LogP contribution in [0, 0.1) is 16.0 Å². The highest BCUT2D eigenvalue weighted by molar-refractivity contribution is 9.10. The molecule has 2 rings (SSSR count). The van der Waals surface area contributed by atoms with Crippen LogP contribution in [-0.2, 0) is 0 Å². The molecule has 1 aromatic rings. The Labute approximate surface area is 124 Å². The predicted octanol–water partition coefficient (Wildman–Crippen LogP) is 2.61. The molecular formula is C13H17BrN2O4. The van der Waals surface area contributed by atoms with Gasteiger partial charge < -0.3 is 15.9 Å². The van der Waals surface area contributed by atoms with Crippen LogP contribution >= 0.6 is 15.9 Å². The average molecular weight is 345 g/mol. The number of nitro groups is 1. The number of phenolic OH excluding ortho intramolecular Hbond substituents is 1. The second-order valence-electron chi connectivity index (χ2n) is 5.18. The van der Waals surface area contributed by atoms with Gasteiger partial charge in [-0.3, -0.25) is 10.1 Å². The average Bonchev–Trinajstić information content (AvgIpc) is 2.93. The molecule has 1 aromatic carbocycles. The van der Waals surface area contributed by atoms with Crippen LogP contribution in [0.3, 0.4) is 0 Å². The number of hydrogen-bond donors (Lipinski definition) is 3. The molecular weight excluding hydrogens is 328 g/mol. The number of non-ortho nitro benzene ring substituents is 1. The lowest BCUT2D eigenvalue weighted by atomic mass is 9.90. The van der Waals surface area contributed by atoms with Gasteiger partial charge >= 0.3 is 0 Å². The lowest BCUT2D eigenvalue weighted by molar-refractivity contribution is -0.385. The van der Waals surface area contributed by atoms with Crippen LogP contribution in [-0.4, -0.2) is 21.2 Å². The van der Waals surface area contributed by atoms with E-state index in [4.69, 9.17) is 5.73 Å². The van der Waals surface area contributed by atoms with E-state index in [0.717, 1.165) is 25.7 Å². The molecule has 0 aromatic heterocycles. The summed E-state index contributed by atoms with van der Waals surface area (Å²) in [5.74, 6) is -0.0671. The number of halogens is 1. The summed E-state index contributed by atoms with van der Waals surface area (Å²) >= 11 is 3.07. The highest BCUT2D eigenvalue weighted by Gasteiger charge is 2.31. The van der Waals surface area contributed by atoms with E-state index < -0.39 is 17.1 Å². The van der Waals surface area contributed by atoms with Crippen LogP contribution < -0.4 is 5.73 Å². The smallest absolute Gasteiger partial charge is 0.271 e. The van der Waals surface area contributed by atoms with Crippen LogP contribution in [0.25, 0.3) is 0 Å². The predicted molar refractivity (Wildman–Crippen MR) is 77.4 cm³/mol. The maximum Gasteiger partial charge on any atom is 0.271 e. The molecule has 0 bridgehead atoms. The Morgan fingerprint density at radius 2 is 2.00 bits per heavy atom. The van der Waals surface area contributed by atoms with Gasteiger partial charge in [0, 0.05) is 17.7 Å². The third kappa shape index (κ3) is 2.94. The lowest BCUT2D eigenvalue weighted by Crippen LogP contribution is -2.32. The molecule has 4 N–H and O–H groups in total. The van der Waals surface area contributed by atoms with E-state index >= 15 is 0 Å². The van der Waals surface area contributed by atoms with Crippen molar-refractivity contribution in [3.8, 4) is 5.75 Å². The summed E-state index contributed by atoms with van der Waals surface area (Å²) in [5, 5.41) is 31.2. The van der Waals surface area contributed by atoms with Gasteiger partial charge in [0.25, 0.3) is 5.69 Å². The van der Waals surface area contributed by atoms with Crippen molar-refractivity contribution in [1.82, 2.24) is 0 Å². The topological polar surface area (TPSA) is 110 Å². The van der Waals surface area contributed by atoms with Gasteiger partial charge in [-0.1, -0.05) is 12.8 Å². The lowest BCUT2D eigenvalue weighted by Gasteiger charge is -2.25. The van der Waals surface area contributed by atoms with Crippen molar-refractivity contribution in [3.05, 3.63) is 32.3 Å². The molecule has 1 aliphatic rings. The molecule has 20 heavy (non-hydrogen) atoms. The first-order valence-corrected chi connectivity index (χ1v) is 7.31. The molecule has 0 unspecified atom stereocenters. The van der Waals surface area contributed by atoms with Crippen molar-refractivity contribution in [2.24, 2.45) is 11.7 Å². The van der Waals surface area contributed by atoms with Gasteiger partial charge in [-0.15, -0.1) is 0 Å². The second kappa shape index (κ2) is 6.07. The number of nitrogens with zero attached hydrogens (tertiary/aromatic N) is 1. The molecule has 1 aliphatic carbocycles. The minimum absolute atomic E-state index is 0.0856. The number of nitro benzene ring substituents is 1. The van der Waals surface area contributed by atoms with Crippen LogP contribution in [0.4, 0.5) is 5.69 Å². The van der Waals surface area contributed by atoms with E-state index in [1.54, 1.807) is 0 Å². The Morgan fingerprint density at radius 1 is 1.40 bits per heavy atom. The van der Waals surface area contributed by atoms with Gasteiger partial charge in [-0.25, -0.2) is 0 Å². The zero-order valence-corrected chi connectivity index (χ0v) is 12.4. The van der Waals surface area contributed by atoms with Gasteiger partial charge in [0.2, 0.25) is 0 Å². The van der Waals surface area contributed by atoms with Gasteiger partial charge in [-0.05, 0) is 34.7 Å². The molecule has 110 valence electrons. The number of benzene rings is 1. The van der Waals surface area contributed by atoms with E-state index in [-0.39, 0.29) is 27.4 Å². The number of phenols is 1. The van der Waals surface area contributed by atoms with Crippen molar-refractivity contribution < 1.29 is 15.1 Å². The summed E-state index contributed by atoms with van der Waals surface area (Å²) in [4.78, 5) is 10.3. The maximum absolute atomic E-state index is 10.9. The molecule has 1 fully saturated rings. The highest BCUT2D eigenvalue weighted by atomic mass is 79.9. The monoisotopic (exact) mass is 344 g/mol. The third-order valence-electron chi connectivity index (χ3n) is 3.90. The highest BCUT2D eigenvalue weighted by Crippen LogP contribution is 2.39. The normalized spacial score (nSPS) is 18.9. The summed E-state index contributed by atoms with van der Waals surface area (Å²) in [6.45, 7) is 0. The Kier molecular flexibility index (Phi) is 4.62. The fourth-order valence-corrected chi connectivity index (χ4v) is 3.20. The van der Waals surface area contributed by atoms with E-state index in [2.05, 4.69) is 15.9 Å². The molecule has 1 saturated carbocycles. The summed E-state index contributed by atoms with van der Waals surface area (Å²) in [5.41, 5.74) is 6.04. The van der Waals surface area contributed by atoms with Gasteiger partial charge in [0.05, 0.1) is 21.5 Å². The first kappa shape index (κ1) is 15.2. The molecule has 0 aliphatic heterocycles. The van der Waals surface area contributed by atoms with Crippen LogP contribution in [0.2, 0.25) is 0 Å². The van der Waals surface area contributed by atoms with Gasteiger partial charge in [-0.2, -0.15) is 0 Å². The second-order valence-corrected chi connectivity index (χ2v) is 6.04. The number of aromatic hydroxyl groups is 1. The fourth-order valence-electron chi connectivity index (χ4n) is 2.74. The first-order chi connectivity index (χ1) is 9.41. The number of aliphatic hydroxyl groups is 1. The summed E-state index contributed by atoms with van der Waals surface area (Å²) in [6.07, 6.45) is 3.09. The minimum atomic E-state index is -0.839. The van der Waals surface area contributed by atoms with Crippen LogP contribution in [0.5, 0.6) is 5.75 Å². The summed E-state index contributed by atoms with van der Waals surface area (Å²) in [7, 11) is 0. The van der Waals surface area contributed by atoms with Crippen molar-refractivity contribution in [3.63, 3.8) is 0 Å². The van der Waals surface area contributed by atoms with Crippen LogP contribution in [0.15, 0.2) is 16.6 Å². The first-order valence-electron chi connectivity index (χ1n) is 6.52. The van der Waals surface area contributed by atoms with E-state index in [0.29, 0.717) is 0 Å². The molecule has 6 nitrogen and oxygen atoms in total. The molecule has 0 spiro atoms.